The Balaban J connectivity index is 2.62. The molecule has 1 rings (SSSR count). The standard InChI is InChI=1S/C14H27N3O2/c1-6-12(18-7-2)14-16-13(19-17-14)9-11(15-5)8-10(3)4/h10-12,15H,6-9H2,1-5H3. The van der Waals surface area contributed by atoms with E-state index in [0.29, 0.717) is 30.3 Å². The summed E-state index contributed by atoms with van der Waals surface area (Å²) in [6, 6.07) is 0.375. The van der Waals surface area contributed by atoms with Crippen LogP contribution in [-0.4, -0.2) is 29.8 Å². The highest BCUT2D eigenvalue weighted by molar-refractivity contribution is 4.93. The average molecular weight is 269 g/mol. The fraction of sp³-hybridized carbons (Fsp3) is 0.857. The number of nitrogens with one attached hydrogen (secondary N) is 1. The van der Waals surface area contributed by atoms with E-state index < -0.39 is 0 Å². The van der Waals surface area contributed by atoms with Crippen molar-refractivity contribution in [1.82, 2.24) is 15.5 Å². The third-order valence-corrected chi connectivity index (χ3v) is 3.10. The van der Waals surface area contributed by atoms with Gasteiger partial charge >= 0.3 is 0 Å². The maximum absolute atomic E-state index is 5.59. The zero-order valence-electron chi connectivity index (χ0n) is 12.8. The van der Waals surface area contributed by atoms with Gasteiger partial charge in [-0.3, -0.25) is 0 Å². The van der Waals surface area contributed by atoms with Gasteiger partial charge in [0.15, 0.2) is 0 Å². The summed E-state index contributed by atoms with van der Waals surface area (Å²) in [5.41, 5.74) is 0. The van der Waals surface area contributed by atoms with Crippen LogP contribution in [0.2, 0.25) is 0 Å². The molecule has 0 aliphatic heterocycles. The zero-order valence-corrected chi connectivity index (χ0v) is 12.8. The number of likely N-dealkylation sites (N-methyl/N-ethyl adjacent to an activating group) is 1. The maximum atomic E-state index is 5.59. The molecule has 110 valence electrons. The van der Waals surface area contributed by atoms with Crippen molar-refractivity contribution in [3.8, 4) is 0 Å². The van der Waals surface area contributed by atoms with E-state index >= 15 is 0 Å². The highest BCUT2D eigenvalue weighted by Gasteiger charge is 2.19. The molecule has 2 unspecified atom stereocenters. The van der Waals surface area contributed by atoms with Gasteiger partial charge < -0.3 is 14.6 Å². The number of ether oxygens (including phenoxy) is 1. The van der Waals surface area contributed by atoms with E-state index in [9.17, 15) is 0 Å². The molecule has 0 spiro atoms. The Morgan fingerprint density at radius 3 is 2.58 bits per heavy atom. The van der Waals surface area contributed by atoms with Gasteiger partial charge in [0.2, 0.25) is 11.7 Å². The van der Waals surface area contributed by atoms with Gasteiger partial charge in [0.25, 0.3) is 0 Å². The summed E-state index contributed by atoms with van der Waals surface area (Å²) in [6.07, 6.45) is 2.66. The Morgan fingerprint density at radius 1 is 1.32 bits per heavy atom. The zero-order chi connectivity index (χ0) is 14.3. The van der Waals surface area contributed by atoms with Crippen LogP contribution >= 0.6 is 0 Å². The highest BCUT2D eigenvalue weighted by atomic mass is 16.5. The molecule has 1 heterocycles. The lowest BCUT2D eigenvalue weighted by Gasteiger charge is -2.15. The fourth-order valence-corrected chi connectivity index (χ4v) is 2.14. The van der Waals surface area contributed by atoms with Gasteiger partial charge in [-0.15, -0.1) is 0 Å². The second-order valence-corrected chi connectivity index (χ2v) is 5.22. The largest absolute Gasteiger partial charge is 0.370 e. The molecule has 0 aliphatic carbocycles. The first-order valence-electron chi connectivity index (χ1n) is 7.21. The van der Waals surface area contributed by atoms with Gasteiger partial charge in [0, 0.05) is 19.1 Å². The number of nitrogens with zero attached hydrogens (tertiary/aromatic N) is 2. The minimum Gasteiger partial charge on any atom is -0.370 e. The van der Waals surface area contributed by atoms with Crippen LogP contribution in [0.25, 0.3) is 0 Å². The molecule has 0 radical (unpaired) electrons. The van der Waals surface area contributed by atoms with E-state index in [1.54, 1.807) is 0 Å². The minimum absolute atomic E-state index is 0.0550. The average Bonchev–Trinajstić information content (AvgIpc) is 2.82. The van der Waals surface area contributed by atoms with Gasteiger partial charge in [-0.2, -0.15) is 4.98 Å². The Kier molecular flexibility index (Phi) is 7.02. The van der Waals surface area contributed by atoms with Crippen molar-refractivity contribution in [2.24, 2.45) is 5.92 Å². The topological polar surface area (TPSA) is 60.2 Å². The van der Waals surface area contributed by atoms with Crippen LogP contribution in [0.15, 0.2) is 4.52 Å². The first-order valence-corrected chi connectivity index (χ1v) is 7.21. The molecule has 2 atom stereocenters. The Bertz CT molecular complexity index is 352. The number of hydrogen-bond donors (Lipinski definition) is 1. The van der Waals surface area contributed by atoms with E-state index in [1.165, 1.54) is 0 Å². The third-order valence-electron chi connectivity index (χ3n) is 3.10. The van der Waals surface area contributed by atoms with Gasteiger partial charge in [-0.05, 0) is 32.7 Å². The van der Waals surface area contributed by atoms with Crippen molar-refractivity contribution < 1.29 is 9.26 Å². The van der Waals surface area contributed by atoms with Crippen LogP contribution in [0.4, 0.5) is 0 Å². The lowest BCUT2D eigenvalue weighted by atomic mass is 10.0. The summed E-state index contributed by atoms with van der Waals surface area (Å²) >= 11 is 0. The molecule has 1 N–H and O–H groups in total. The van der Waals surface area contributed by atoms with Crippen molar-refractivity contribution in [3.05, 3.63) is 11.7 Å². The van der Waals surface area contributed by atoms with E-state index in [2.05, 4.69) is 36.2 Å². The predicted molar refractivity (Wildman–Crippen MR) is 75.0 cm³/mol. The monoisotopic (exact) mass is 269 g/mol. The fourth-order valence-electron chi connectivity index (χ4n) is 2.14. The SMILES string of the molecule is CCOC(CC)c1noc(CC(CC(C)C)NC)n1. The van der Waals surface area contributed by atoms with Crippen LogP contribution in [0, 0.1) is 5.92 Å². The van der Waals surface area contributed by atoms with Crippen molar-refractivity contribution in [3.63, 3.8) is 0 Å². The van der Waals surface area contributed by atoms with Crippen LogP contribution in [0.1, 0.15) is 58.4 Å². The molecular weight excluding hydrogens is 242 g/mol. The van der Waals surface area contributed by atoms with Crippen molar-refractivity contribution in [1.29, 1.82) is 0 Å². The van der Waals surface area contributed by atoms with Gasteiger partial charge in [-0.25, -0.2) is 0 Å². The second-order valence-electron chi connectivity index (χ2n) is 5.22. The summed E-state index contributed by atoms with van der Waals surface area (Å²) < 4.78 is 10.9. The lowest BCUT2D eigenvalue weighted by molar-refractivity contribution is 0.0518. The third kappa shape index (κ3) is 5.28. The molecule has 0 aromatic carbocycles. The normalized spacial score (nSPS) is 14.8. The highest BCUT2D eigenvalue weighted by Crippen LogP contribution is 2.18. The Morgan fingerprint density at radius 2 is 2.05 bits per heavy atom. The first-order chi connectivity index (χ1) is 9.10. The molecule has 0 saturated heterocycles. The van der Waals surface area contributed by atoms with Gasteiger partial charge in [0.1, 0.15) is 6.10 Å². The summed E-state index contributed by atoms with van der Waals surface area (Å²) in [5, 5.41) is 7.33. The first kappa shape index (κ1) is 16.1. The molecule has 1 aromatic rings. The lowest BCUT2D eigenvalue weighted by Crippen LogP contribution is -2.29. The van der Waals surface area contributed by atoms with Gasteiger partial charge in [-0.1, -0.05) is 25.9 Å². The molecule has 5 nitrogen and oxygen atoms in total. The summed E-state index contributed by atoms with van der Waals surface area (Å²) in [4.78, 5) is 4.45. The number of aromatic nitrogens is 2. The van der Waals surface area contributed by atoms with Crippen molar-refractivity contribution >= 4 is 0 Å². The molecule has 5 heteroatoms. The van der Waals surface area contributed by atoms with Crippen LogP contribution in [-0.2, 0) is 11.2 Å². The Labute approximate surface area is 116 Å². The van der Waals surface area contributed by atoms with Crippen LogP contribution in [0.5, 0.6) is 0 Å². The van der Waals surface area contributed by atoms with E-state index in [-0.39, 0.29) is 6.10 Å². The number of hydrogen-bond acceptors (Lipinski definition) is 5. The molecule has 0 saturated carbocycles. The van der Waals surface area contributed by atoms with Crippen LogP contribution < -0.4 is 5.32 Å². The van der Waals surface area contributed by atoms with Crippen molar-refractivity contribution in [2.75, 3.05) is 13.7 Å². The maximum Gasteiger partial charge on any atom is 0.228 e. The Hall–Kier alpha value is -0.940. The molecule has 0 amide bonds. The molecule has 19 heavy (non-hydrogen) atoms. The van der Waals surface area contributed by atoms with E-state index in [4.69, 9.17) is 9.26 Å². The van der Waals surface area contributed by atoms with Crippen LogP contribution in [0.3, 0.4) is 0 Å². The summed E-state index contributed by atoms with van der Waals surface area (Å²) in [5.74, 6) is 2.00. The molecule has 0 fully saturated rings. The molecular formula is C14H27N3O2. The summed E-state index contributed by atoms with van der Waals surface area (Å²) in [6.45, 7) is 9.13. The predicted octanol–water partition coefficient (Wildman–Crippen LogP) is 2.73. The van der Waals surface area contributed by atoms with Crippen molar-refractivity contribution in [2.45, 2.75) is 59.1 Å². The summed E-state index contributed by atoms with van der Waals surface area (Å²) in [7, 11) is 1.97. The van der Waals surface area contributed by atoms with E-state index in [0.717, 1.165) is 19.3 Å². The second kappa shape index (κ2) is 8.27. The molecule has 1 aromatic heterocycles. The number of rotatable bonds is 9. The molecule has 0 aliphatic rings. The molecule has 0 bridgehead atoms. The minimum atomic E-state index is -0.0550. The van der Waals surface area contributed by atoms with E-state index in [1.807, 2.05) is 14.0 Å². The quantitative estimate of drug-likeness (QED) is 0.747. The van der Waals surface area contributed by atoms with Gasteiger partial charge in [0.05, 0.1) is 0 Å². The smallest absolute Gasteiger partial charge is 0.228 e.